The van der Waals surface area contributed by atoms with Crippen molar-refractivity contribution in [2.24, 2.45) is 0 Å². The van der Waals surface area contributed by atoms with E-state index < -0.39 is 39.6 Å². The van der Waals surface area contributed by atoms with Crippen molar-refractivity contribution in [2.45, 2.75) is 17.7 Å². The largest absolute Gasteiger partial charge is 0.516 e. The van der Waals surface area contributed by atoms with Crippen LogP contribution in [0.5, 0.6) is 0 Å². The minimum absolute atomic E-state index is 0.0259. The van der Waals surface area contributed by atoms with E-state index in [1.807, 2.05) is 0 Å². The van der Waals surface area contributed by atoms with Crippen LogP contribution in [0.15, 0.2) is 18.2 Å². The van der Waals surface area contributed by atoms with E-state index >= 15 is 0 Å². The van der Waals surface area contributed by atoms with Gasteiger partial charge < -0.3 is 14.4 Å². The molecular formula is C14H14F4N2O5S. The molecule has 0 bridgehead atoms. The van der Waals surface area contributed by atoms with Crippen molar-refractivity contribution in [3.05, 3.63) is 23.8 Å². The number of sulfonamides is 1. The Labute approximate surface area is 145 Å². The highest BCUT2D eigenvalue weighted by Gasteiger charge is 2.55. The number of hydrogen-bond donors (Lipinski definition) is 1. The van der Waals surface area contributed by atoms with Crippen molar-refractivity contribution < 1.29 is 40.2 Å². The van der Waals surface area contributed by atoms with Gasteiger partial charge >= 0.3 is 15.5 Å². The fraction of sp³-hybridized carbons (Fsp3) is 0.500. The van der Waals surface area contributed by atoms with Gasteiger partial charge in [0.05, 0.1) is 25.4 Å². The Morgan fingerprint density at radius 3 is 2.46 bits per heavy atom. The maximum Gasteiger partial charge on any atom is 0.516 e. The Balaban J connectivity index is 2.05. The highest BCUT2D eigenvalue weighted by molar-refractivity contribution is 7.93. The molecule has 0 radical (unpaired) electrons. The Kier molecular flexibility index (Phi) is 4.61. The van der Waals surface area contributed by atoms with Gasteiger partial charge in [0.2, 0.25) is 0 Å². The molecule has 0 atom stereocenters. The van der Waals surface area contributed by atoms with Gasteiger partial charge in [0.25, 0.3) is 11.7 Å². The molecule has 26 heavy (non-hydrogen) atoms. The maximum atomic E-state index is 12.8. The Morgan fingerprint density at radius 1 is 1.23 bits per heavy atom. The molecule has 12 heteroatoms. The van der Waals surface area contributed by atoms with Gasteiger partial charge in [0.15, 0.2) is 0 Å². The maximum absolute atomic E-state index is 12.8. The first kappa shape index (κ1) is 18.9. The summed E-state index contributed by atoms with van der Waals surface area (Å²) in [6.45, 7) is -0.863. The number of carbonyl (C=O) groups excluding carboxylic acids is 1. The van der Waals surface area contributed by atoms with Crippen LogP contribution < -0.4 is 9.62 Å². The smallest absolute Gasteiger partial charge is 0.338 e. The quantitative estimate of drug-likeness (QED) is 0.783. The number of anilines is 2. The summed E-state index contributed by atoms with van der Waals surface area (Å²) in [7, 11) is -5.64. The van der Waals surface area contributed by atoms with Gasteiger partial charge in [-0.3, -0.25) is 9.52 Å². The summed E-state index contributed by atoms with van der Waals surface area (Å²) in [5, 5.41) is 0. The molecule has 2 heterocycles. The van der Waals surface area contributed by atoms with E-state index in [4.69, 9.17) is 9.47 Å². The average molecular weight is 398 g/mol. The predicted octanol–water partition coefficient (Wildman–Crippen LogP) is 1.85. The van der Waals surface area contributed by atoms with Crippen molar-refractivity contribution in [2.75, 3.05) is 36.1 Å². The average Bonchev–Trinajstić information content (AvgIpc) is 2.78. The Bertz CT molecular complexity index is 821. The minimum Gasteiger partial charge on any atom is -0.338 e. The van der Waals surface area contributed by atoms with Gasteiger partial charge in [-0.1, -0.05) is 0 Å². The second-order valence-corrected chi connectivity index (χ2v) is 7.27. The van der Waals surface area contributed by atoms with Crippen molar-refractivity contribution in [1.82, 2.24) is 0 Å². The molecule has 2 aliphatic rings. The summed E-state index contributed by atoms with van der Waals surface area (Å²) in [6.07, 6.45) is 0.494. The first-order valence-corrected chi connectivity index (χ1v) is 9.00. The van der Waals surface area contributed by atoms with Crippen molar-refractivity contribution in [3.8, 4) is 0 Å². The lowest BCUT2D eigenvalue weighted by Gasteiger charge is -2.32. The lowest BCUT2D eigenvalue weighted by atomic mass is 10.1. The van der Waals surface area contributed by atoms with Crippen LogP contribution >= 0.6 is 0 Å². The van der Waals surface area contributed by atoms with Gasteiger partial charge in [0, 0.05) is 11.3 Å². The molecule has 1 aromatic carbocycles. The van der Waals surface area contributed by atoms with Gasteiger partial charge in [-0.2, -0.15) is 21.6 Å². The van der Waals surface area contributed by atoms with E-state index in [0.717, 1.165) is 17.0 Å². The first-order chi connectivity index (χ1) is 12.1. The number of halogens is 4. The third kappa shape index (κ3) is 2.91. The zero-order valence-corrected chi connectivity index (χ0v) is 14.0. The van der Waals surface area contributed by atoms with E-state index in [2.05, 4.69) is 0 Å². The lowest BCUT2D eigenvalue weighted by molar-refractivity contribution is -0.256. The number of nitrogens with zero attached hydrogens (tertiary/aromatic N) is 1. The normalized spacial score (nSPS) is 19.7. The summed E-state index contributed by atoms with van der Waals surface area (Å²) >= 11 is 0. The second kappa shape index (κ2) is 6.35. The zero-order valence-electron chi connectivity index (χ0n) is 13.2. The number of rotatable bonds is 4. The van der Waals surface area contributed by atoms with Crippen LogP contribution in [0.4, 0.5) is 28.9 Å². The van der Waals surface area contributed by atoms with Crippen LogP contribution in [0.25, 0.3) is 0 Å². The molecule has 3 rings (SSSR count). The van der Waals surface area contributed by atoms with Crippen LogP contribution in [0, 0.1) is 0 Å². The fourth-order valence-electron chi connectivity index (χ4n) is 2.83. The van der Waals surface area contributed by atoms with E-state index in [-0.39, 0.29) is 31.0 Å². The molecule has 0 aliphatic carbocycles. The van der Waals surface area contributed by atoms with Gasteiger partial charge in [-0.25, -0.2) is 4.39 Å². The topological polar surface area (TPSA) is 84.9 Å². The summed E-state index contributed by atoms with van der Waals surface area (Å²) < 4.78 is 85.4. The lowest BCUT2D eigenvalue weighted by Crippen LogP contribution is -2.47. The van der Waals surface area contributed by atoms with Crippen LogP contribution in [0.1, 0.15) is 12.0 Å². The van der Waals surface area contributed by atoms with Crippen molar-refractivity contribution in [1.29, 1.82) is 0 Å². The Hall–Kier alpha value is -1.92. The summed E-state index contributed by atoms with van der Waals surface area (Å²) in [5.74, 6) is -2.62. The standard InChI is InChI=1S/C14H14F4N2O5S/c15-4-5-20-11-3-2-9(19-26(22,23)14(16,17)18)8-10(11)13(12(20)21)24-6-1-7-25-13/h2-3,8,19H,1,4-7H2. The first-order valence-electron chi connectivity index (χ1n) is 7.52. The van der Waals surface area contributed by atoms with E-state index in [1.165, 1.54) is 10.8 Å². The second-order valence-electron chi connectivity index (χ2n) is 5.60. The van der Waals surface area contributed by atoms with Crippen LogP contribution in [0.2, 0.25) is 0 Å². The van der Waals surface area contributed by atoms with E-state index in [1.54, 1.807) is 0 Å². The fourth-order valence-corrected chi connectivity index (χ4v) is 3.38. The molecule has 1 aromatic rings. The van der Waals surface area contributed by atoms with Gasteiger partial charge in [-0.15, -0.1) is 0 Å². The number of carbonyl (C=O) groups is 1. The molecular weight excluding hydrogens is 384 g/mol. The van der Waals surface area contributed by atoms with Crippen molar-refractivity contribution >= 4 is 27.3 Å². The predicted molar refractivity (Wildman–Crippen MR) is 81.6 cm³/mol. The highest BCUT2D eigenvalue weighted by atomic mass is 32.2. The highest BCUT2D eigenvalue weighted by Crippen LogP contribution is 2.46. The van der Waals surface area contributed by atoms with E-state index in [0.29, 0.717) is 6.42 Å². The molecule has 144 valence electrons. The molecule has 1 fully saturated rings. The van der Waals surface area contributed by atoms with Gasteiger partial charge in [0.1, 0.15) is 6.67 Å². The van der Waals surface area contributed by atoms with E-state index in [9.17, 15) is 30.8 Å². The molecule has 0 unspecified atom stereocenters. The molecule has 0 aromatic heterocycles. The molecule has 1 saturated heterocycles. The third-order valence-corrected chi connectivity index (χ3v) is 5.05. The van der Waals surface area contributed by atoms with Crippen LogP contribution in [-0.4, -0.2) is 46.3 Å². The zero-order chi connectivity index (χ0) is 19.2. The third-order valence-electron chi connectivity index (χ3n) is 3.93. The summed E-state index contributed by atoms with van der Waals surface area (Å²) in [5.41, 5.74) is -5.71. The number of fused-ring (bicyclic) bond motifs is 2. The molecule has 1 N–H and O–H groups in total. The minimum atomic E-state index is -5.64. The van der Waals surface area contributed by atoms with Gasteiger partial charge in [-0.05, 0) is 24.6 Å². The molecule has 1 amide bonds. The monoisotopic (exact) mass is 398 g/mol. The number of nitrogens with one attached hydrogen (secondary N) is 1. The van der Waals surface area contributed by atoms with Crippen LogP contribution in [-0.2, 0) is 30.1 Å². The molecule has 7 nitrogen and oxygen atoms in total. The number of alkyl halides is 4. The van der Waals surface area contributed by atoms with Crippen LogP contribution in [0.3, 0.4) is 0 Å². The van der Waals surface area contributed by atoms with Crippen molar-refractivity contribution in [3.63, 3.8) is 0 Å². The molecule has 2 aliphatic heterocycles. The number of ether oxygens (including phenoxy) is 2. The molecule has 1 spiro atoms. The SMILES string of the molecule is O=C1N(CCF)c2ccc(NS(=O)(=O)C(F)(F)F)cc2C12OCCCO2. The number of amides is 1. The number of benzene rings is 1. The molecule has 0 saturated carbocycles. The Morgan fingerprint density at radius 2 is 1.88 bits per heavy atom. The summed E-state index contributed by atoms with van der Waals surface area (Å²) in [6, 6.07) is 3.29. The summed E-state index contributed by atoms with van der Waals surface area (Å²) in [4.78, 5) is 13.7. The number of hydrogen-bond acceptors (Lipinski definition) is 5.